The van der Waals surface area contributed by atoms with Gasteiger partial charge in [-0.1, -0.05) is 0 Å². The predicted molar refractivity (Wildman–Crippen MR) is 81.9 cm³/mol. The highest BCUT2D eigenvalue weighted by atomic mass is 32.2. The fraction of sp³-hybridized carbons (Fsp3) is 0.500. The predicted octanol–water partition coefficient (Wildman–Crippen LogP) is -0.525. The molecule has 1 atom stereocenters. The van der Waals surface area contributed by atoms with Gasteiger partial charge in [-0.2, -0.15) is 16.1 Å². The number of pyridine rings is 1. The minimum absolute atomic E-state index is 0.129. The molecule has 3 N–H and O–H groups in total. The van der Waals surface area contributed by atoms with E-state index < -0.39 is 25.2 Å². The van der Waals surface area contributed by atoms with Crippen molar-refractivity contribution in [3.63, 3.8) is 0 Å². The summed E-state index contributed by atoms with van der Waals surface area (Å²) in [6.45, 7) is 0.129. The Hall–Kier alpha value is -0.880. The summed E-state index contributed by atoms with van der Waals surface area (Å²) in [5.74, 6) is 6.06. The first-order chi connectivity index (χ1) is 9.78. The summed E-state index contributed by atoms with van der Waals surface area (Å²) in [4.78, 5) is 3.65. The van der Waals surface area contributed by atoms with E-state index in [0.29, 0.717) is 5.75 Å². The molecule has 118 valence electrons. The lowest BCUT2D eigenvalue weighted by molar-refractivity contribution is 0.405. The Morgan fingerprint density at radius 3 is 2.76 bits per heavy atom. The van der Waals surface area contributed by atoms with E-state index in [4.69, 9.17) is 5.84 Å². The summed E-state index contributed by atoms with van der Waals surface area (Å²) in [5, 5.41) is -1.08. The molecule has 1 aliphatic heterocycles. The van der Waals surface area contributed by atoms with Crippen LogP contribution in [0, 0.1) is 0 Å². The molecule has 0 bridgehead atoms. The molecular weight excluding hydrogens is 336 g/mol. The van der Waals surface area contributed by atoms with Crippen LogP contribution < -0.4 is 11.3 Å². The molecule has 0 spiro atoms. The molecule has 0 aromatic carbocycles. The fourth-order valence-electron chi connectivity index (χ4n) is 2.01. The highest BCUT2D eigenvalue weighted by Gasteiger charge is 2.40. The van der Waals surface area contributed by atoms with E-state index in [2.05, 4.69) is 10.4 Å². The molecule has 1 fully saturated rings. The molecule has 0 aliphatic carbocycles. The summed E-state index contributed by atoms with van der Waals surface area (Å²) in [5.41, 5.74) is 2.47. The number of nitrogens with zero attached hydrogens (tertiary/aromatic N) is 2. The number of thioether (sulfide) groups is 1. The first-order valence-electron chi connectivity index (χ1n) is 5.97. The minimum Gasteiger partial charge on any atom is -0.323 e. The van der Waals surface area contributed by atoms with Crippen LogP contribution in [-0.2, 0) is 19.9 Å². The number of hydrogen-bond donors (Lipinski definition) is 2. The number of hydrogen-bond acceptors (Lipinski definition) is 8. The largest absolute Gasteiger partial charge is 0.323 e. The number of sulfonamides is 1. The van der Waals surface area contributed by atoms with Crippen molar-refractivity contribution in [2.75, 3.05) is 29.7 Å². The molecule has 21 heavy (non-hydrogen) atoms. The van der Waals surface area contributed by atoms with Crippen LogP contribution in [0.2, 0.25) is 0 Å². The Balaban J connectivity index is 2.51. The second-order valence-corrected chi connectivity index (χ2v) is 9.70. The maximum absolute atomic E-state index is 12.7. The molecule has 2 rings (SSSR count). The van der Waals surface area contributed by atoms with Crippen molar-refractivity contribution in [3.05, 3.63) is 18.5 Å². The lowest BCUT2D eigenvalue weighted by atomic mass is 10.4. The monoisotopic (exact) mass is 352 g/mol. The van der Waals surface area contributed by atoms with Crippen molar-refractivity contribution in [3.8, 4) is 0 Å². The lowest BCUT2D eigenvalue weighted by Gasteiger charge is -2.33. The summed E-state index contributed by atoms with van der Waals surface area (Å²) >= 11 is 1.41. The maximum Gasteiger partial charge on any atom is 0.247 e. The van der Waals surface area contributed by atoms with Crippen molar-refractivity contribution in [2.24, 2.45) is 5.84 Å². The second-order valence-electron chi connectivity index (χ2n) is 4.49. The quantitative estimate of drug-likeness (QED) is 0.548. The number of aromatic nitrogens is 1. The SMILES string of the molecule is CS(=O)(=O)C1CSCCN1S(=O)(=O)c1cnccc1NN. The molecule has 0 radical (unpaired) electrons. The highest BCUT2D eigenvalue weighted by molar-refractivity contribution is 8.01. The first kappa shape index (κ1) is 16.5. The third kappa shape index (κ3) is 3.31. The zero-order valence-electron chi connectivity index (χ0n) is 11.3. The third-order valence-corrected chi connectivity index (χ3v) is 7.77. The highest BCUT2D eigenvalue weighted by Crippen LogP contribution is 2.29. The van der Waals surface area contributed by atoms with E-state index in [9.17, 15) is 16.8 Å². The summed E-state index contributed by atoms with van der Waals surface area (Å²) in [6, 6.07) is 1.42. The summed E-state index contributed by atoms with van der Waals surface area (Å²) in [6.07, 6.45) is 3.59. The van der Waals surface area contributed by atoms with Crippen molar-refractivity contribution in [1.29, 1.82) is 0 Å². The molecule has 8 nitrogen and oxygen atoms in total. The van der Waals surface area contributed by atoms with Crippen LogP contribution >= 0.6 is 11.8 Å². The minimum atomic E-state index is -4.00. The summed E-state index contributed by atoms with van der Waals surface area (Å²) in [7, 11) is -7.53. The van der Waals surface area contributed by atoms with Crippen molar-refractivity contribution >= 4 is 37.3 Å². The molecular formula is C10H16N4O4S3. The molecule has 0 saturated carbocycles. The second kappa shape index (κ2) is 6.08. The van der Waals surface area contributed by atoms with E-state index in [-0.39, 0.29) is 22.9 Å². The number of rotatable bonds is 4. The Bertz CT molecular complexity index is 720. The summed E-state index contributed by atoms with van der Waals surface area (Å²) < 4.78 is 50.2. The number of nitrogen functional groups attached to an aromatic ring is 1. The van der Waals surface area contributed by atoms with Gasteiger partial charge < -0.3 is 5.43 Å². The lowest BCUT2D eigenvalue weighted by Crippen LogP contribution is -2.49. The van der Waals surface area contributed by atoms with Gasteiger partial charge in [-0.05, 0) is 6.07 Å². The van der Waals surface area contributed by atoms with E-state index in [1.165, 1.54) is 24.0 Å². The topological polar surface area (TPSA) is 122 Å². The van der Waals surface area contributed by atoms with Gasteiger partial charge >= 0.3 is 0 Å². The van der Waals surface area contributed by atoms with Gasteiger partial charge in [0.25, 0.3) is 0 Å². The van der Waals surface area contributed by atoms with Crippen LogP contribution in [-0.4, -0.2) is 55.8 Å². The van der Waals surface area contributed by atoms with Gasteiger partial charge in [0.2, 0.25) is 10.0 Å². The van der Waals surface area contributed by atoms with E-state index >= 15 is 0 Å². The fourth-order valence-corrected chi connectivity index (χ4v) is 7.28. The number of nitrogens with one attached hydrogen (secondary N) is 1. The van der Waals surface area contributed by atoms with Gasteiger partial charge in [0.1, 0.15) is 10.3 Å². The van der Waals surface area contributed by atoms with Crippen LogP contribution in [0.25, 0.3) is 0 Å². The first-order valence-corrected chi connectivity index (χ1v) is 10.5. The van der Waals surface area contributed by atoms with Gasteiger partial charge in [0, 0.05) is 36.7 Å². The zero-order chi connectivity index (χ0) is 15.7. The van der Waals surface area contributed by atoms with Crippen LogP contribution in [0.5, 0.6) is 0 Å². The maximum atomic E-state index is 12.7. The zero-order valence-corrected chi connectivity index (χ0v) is 13.7. The van der Waals surface area contributed by atoms with Crippen LogP contribution in [0.3, 0.4) is 0 Å². The Kier molecular flexibility index (Phi) is 4.78. The molecule has 1 aliphatic rings. The van der Waals surface area contributed by atoms with Crippen LogP contribution in [0.4, 0.5) is 5.69 Å². The van der Waals surface area contributed by atoms with Crippen LogP contribution in [0.15, 0.2) is 23.4 Å². The standard InChI is InChI=1S/C10H16N4O4S3/c1-20(15,16)10-7-19-5-4-14(10)21(17,18)9-6-12-3-2-8(9)13-11/h2-3,6,10H,4-5,7,11H2,1H3,(H,12,13). The smallest absolute Gasteiger partial charge is 0.247 e. The van der Waals surface area contributed by atoms with E-state index in [0.717, 1.165) is 16.8 Å². The third-order valence-electron chi connectivity index (χ3n) is 3.06. The average Bonchev–Trinajstić information content (AvgIpc) is 2.46. The van der Waals surface area contributed by atoms with E-state index in [1.807, 2.05) is 0 Å². The number of nitrogens with two attached hydrogens (primary N) is 1. The molecule has 2 heterocycles. The van der Waals surface area contributed by atoms with Crippen molar-refractivity contribution in [2.45, 2.75) is 10.3 Å². The molecule has 1 saturated heterocycles. The molecule has 11 heteroatoms. The Morgan fingerprint density at radius 1 is 1.43 bits per heavy atom. The van der Waals surface area contributed by atoms with Gasteiger partial charge in [-0.25, -0.2) is 16.8 Å². The average molecular weight is 352 g/mol. The molecule has 1 unspecified atom stereocenters. The molecule has 1 aromatic rings. The Labute approximate surface area is 128 Å². The van der Waals surface area contributed by atoms with Crippen molar-refractivity contribution < 1.29 is 16.8 Å². The number of anilines is 1. The number of hydrazine groups is 1. The van der Waals surface area contributed by atoms with Gasteiger partial charge in [0.05, 0.1) is 5.69 Å². The van der Waals surface area contributed by atoms with E-state index in [1.54, 1.807) is 0 Å². The normalized spacial score (nSPS) is 21.1. The number of sulfone groups is 1. The molecule has 1 aromatic heterocycles. The van der Waals surface area contributed by atoms with Crippen molar-refractivity contribution in [1.82, 2.24) is 9.29 Å². The van der Waals surface area contributed by atoms with Gasteiger partial charge in [-0.3, -0.25) is 10.8 Å². The Morgan fingerprint density at radius 2 is 2.14 bits per heavy atom. The van der Waals surface area contributed by atoms with Gasteiger partial charge in [-0.15, -0.1) is 0 Å². The van der Waals surface area contributed by atoms with Gasteiger partial charge in [0.15, 0.2) is 9.84 Å². The molecule has 0 amide bonds. The van der Waals surface area contributed by atoms with Crippen LogP contribution in [0.1, 0.15) is 0 Å².